The van der Waals surface area contributed by atoms with E-state index in [1.807, 2.05) is 24.3 Å². The predicted molar refractivity (Wildman–Crippen MR) is 102 cm³/mol. The molecule has 5 heteroatoms. The first-order valence-electron chi connectivity index (χ1n) is 9.00. The Hall–Kier alpha value is -2.82. The Kier molecular flexibility index (Phi) is 4.37. The molecule has 0 bridgehead atoms. The molecule has 0 aliphatic carbocycles. The van der Waals surface area contributed by atoms with Crippen LogP contribution in [0.4, 0.5) is 10.2 Å². The number of piperidine rings is 1. The maximum atomic E-state index is 13.0. The van der Waals surface area contributed by atoms with E-state index in [9.17, 15) is 9.18 Å². The summed E-state index contributed by atoms with van der Waals surface area (Å²) in [5.74, 6) is 1.13. The lowest BCUT2D eigenvalue weighted by Gasteiger charge is -2.32. The minimum Gasteiger partial charge on any atom is -0.366 e. The normalized spacial score (nSPS) is 15.5. The molecule has 2 heterocycles. The number of hydrogen-bond donors (Lipinski definition) is 2. The van der Waals surface area contributed by atoms with E-state index in [-0.39, 0.29) is 5.82 Å². The fraction of sp³-hybridized carbons (Fsp3) is 0.286. The number of carbonyl (C=O) groups excluding carboxylic acids is 1. The summed E-state index contributed by atoms with van der Waals surface area (Å²) >= 11 is 0. The summed E-state index contributed by atoms with van der Waals surface area (Å²) in [6, 6.07) is 14.4. The quantitative estimate of drug-likeness (QED) is 0.750. The standard InChI is InChI=1S/C21H22FN3O/c22-18-4-1-14(2-5-18)11-15-7-9-25(10-8-15)20-13-17-12-16(21(23)26)3-6-19(17)24-20/h1-6,12-13,15,24H,7-11H2,(H2,23,26). The third-order valence-electron chi connectivity index (χ3n) is 5.28. The van der Waals surface area contributed by atoms with Gasteiger partial charge in [-0.05, 0) is 67.1 Å². The lowest BCUT2D eigenvalue weighted by molar-refractivity contribution is 0.100. The highest BCUT2D eigenvalue weighted by Gasteiger charge is 2.21. The fourth-order valence-corrected chi connectivity index (χ4v) is 3.77. The molecule has 3 N–H and O–H groups in total. The predicted octanol–water partition coefficient (Wildman–Crippen LogP) is 3.87. The van der Waals surface area contributed by atoms with Gasteiger partial charge in [0.1, 0.15) is 11.6 Å². The molecule has 0 atom stereocenters. The van der Waals surface area contributed by atoms with Gasteiger partial charge in [0.05, 0.1) is 0 Å². The summed E-state index contributed by atoms with van der Waals surface area (Å²) in [5, 5.41) is 1.00. The molecule has 4 rings (SSSR count). The Morgan fingerprint density at radius 2 is 1.85 bits per heavy atom. The van der Waals surface area contributed by atoms with Crippen LogP contribution in [-0.2, 0) is 6.42 Å². The molecule has 0 saturated carbocycles. The zero-order valence-electron chi connectivity index (χ0n) is 14.5. The van der Waals surface area contributed by atoms with Crippen molar-refractivity contribution < 1.29 is 9.18 Å². The Morgan fingerprint density at radius 1 is 1.12 bits per heavy atom. The molecule has 2 aromatic carbocycles. The SMILES string of the molecule is NC(=O)c1ccc2[nH]c(N3CCC(Cc4ccc(F)cc4)CC3)cc2c1. The highest BCUT2D eigenvalue weighted by Crippen LogP contribution is 2.28. The number of aromatic amines is 1. The molecule has 134 valence electrons. The minimum atomic E-state index is -0.406. The smallest absolute Gasteiger partial charge is 0.248 e. The van der Waals surface area contributed by atoms with Crippen molar-refractivity contribution in [3.63, 3.8) is 0 Å². The van der Waals surface area contributed by atoms with Crippen LogP contribution in [0.3, 0.4) is 0 Å². The zero-order chi connectivity index (χ0) is 18.1. The molecule has 0 spiro atoms. The van der Waals surface area contributed by atoms with Gasteiger partial charge in [0.2, 0.25) is 5.91 Å². The number of benzene rings is 2. The van der Waals surface area contributed by atoms with Gasteiger partial charge in [-0.25, -0.2) is 4.39 Å². The van der Waals surface area contributed by atoms with Crippen LogP contribution in [0.2, 0.25) is 0 Å². The minimum absolute atomic E-state index is 0.179. The van der Waals surface area contributed by atoms with Crippen molar-refractivity contribution in [1.82, 2.24) is 4.98 Å². The molecule has 0 radical (unpaired) electrons. The average molecular weight is 351 g/mol. The van der Waals surface area contributed by atoms with Gasteiger partial charge < -0.3 is 15.6 Å². The Balaban J connectivity index is 1.42. The van der Waals surface area contributed by atoms with E-state index in [0.717, 1.165) is 49.1 Å². The Labute approximate surface area is 151 Å². The molecule has 1 saturated heterocycles. The average Bonchev–Trinajstić information content (AvgIpc) is 3.07. The Morgan fingerprint density at radius 3 is 2.54 bits per heavy atom. The molecular weight excluding hydrogens is 329 g/mol. The van der Waals surface area contributed by atoms with Crippen molar-refractivity contribution in [3.05, 3.63) is 65.5 Å². The number of H-pyrrole nitrogens is 1. The molecule has 3 aromatic rings. The summed E-state index contributed by atoms with van der Waals surface area (Å²) in [5.41, 5.74) is 8.11. The number of aromatic nitrogens is 1. The maximum absolute atomic E-state index is 13.0. The van der Waals surface area contributed by atoms with Crippen molar-refractivity contribution in [2.45, 2.75) is 19.3 Å². The third-order valence-corrected chi connectivity index (χ3v) is 5.28. The van der Waals surface area contributed by atoms with E-state index in [1.165, 1.54) is 17.7 Å². The molecular formula is C21H22FN3O. The summed E-state index contributed by atoms with van der Waals surface area (Å²) in [6.07, 6.45) is 3.22. The first-order chi connectivity index (χ1) is 12.6. The van der Waals surface area contributed by atoms with Crippen LogP contribution in [0.25, 0.3) is 10.9 Å². The van der Waals surface area contributed by atoms with E-state index in [0.29, 0.717) is 11.5 Å². The van der Waals surface area contributed by atoms with Gasteiger partial charge in [0.25, 0.3) is 0 Å². The molecule has 1 aliphatic heterocycles. The number of nitrogens with two attached hydrogens (primary N) is 1. The lowest BCUT2D eigenvalue weighted by atomic mass is 9.90. The summed E-state index contributed by atoms with van der Waals surface area (Å²) < 4.78 is 13.0. The summed E-state index contributed by atoms with van der Waals surface area (Å²) in [4.78, 5) is 17.1. The van der Waals surface area contributed by atoms with Crippen LogP contribution in [0.1, 0.15) is 28.8 Å². The molecule has 1 aromatic heterocycles. The molecule has 0 unspecified atom stereocenters. The number of nitrogens with one attached hydrogen (secondary N) is 1. The number of carbonyl (C=O) groups is 1. The van der Waals surface area contributed by atoms with E-state index in [2.05, 4.69) is 16.0 Å². The first kappa shape index (κ1) is 16.6. The van der Waals surface area contributed by atoms with Gasteiger partial charge in [-0.15, -0.1) is 0 Å². The van der Waals surface area contributed by atoms with Gasteiger partial charge >= 0.3 is 0 Å². The zero-order valence-corrected chi connectivity index (χ0v) is 14.5. The van der Waals surface area contributed by atoms with Gasteiger partial charge in [-0.2, -0.15) is 0 Å². The topological polar surface area (TPSA) is 62.1 Å². The van der Waals surface area contributed by atoms with Gasteiger partial charge in [-0.3, -0.25) is 4.79 Å². The van der Waals surface area contributed by atoms with E-state index in [4.69, 9.17) is 5.73 Å². The van der Waals surface area contributed by atoms with Crippen LogP contribution in [0.15, 0.2) is 48.5 Å². The van der Waals surface area contributed by atoms with Gasteiger partial charge in [-0.1, -0.05) is 12.1 Å². The highest BCUT2D eigenvalue weighted by atomic mass is 19.1. The van der Waals surface area contributed by atoms with Crippen LogP contribution in [0.5, 0.6) is 0 Å². The largest absolute Gasteiger partial charge is 0.366 e. The number of amides is 1. The second-order valence-corrected chi connectivity index (χ2v) is 7.08. The number of nitrogens with zero attached hydrogens (tertiary/aromatic N) is 1. The highest BCUT2D eigenvalue weighted by molar-refractivity contribution is 5.97. The van der Waals surface area contributed by atoms with Gasteiger partial charge in [0.15, 0.2) is 0 Å². The monoisotopic (exact) mass is 351 g/mol. The Bertz CT molecular complexity index is 924. The molecule has 1 fully saturated rings. The number of fused-ring (bicyclic) bond motifs is 1. The second-order valence-electron chi connectivity index (χ2n) is 7.08. The second kappa shape index (κ2) is 6.83. The van der Waals surface area contributed by atoms with E-state index < -0.39 is 5.91 Å². The third kappa shape index (κ3) is 3.43. The van der Waals surface area contributed by atoms with Gasteiger partial charge in [0, 0.05) is 29.6 Å². The molecule has 1 aliphatic rings. The van der Waals surface area contributed by atoms with Crippen molar-refractivity contribution in [2.75, 3.05) is 18.0 Å². The van der Waals surface area contributed by atoms with Crippen molar-refractivity contribution in [1.29, 1.82) is 0 Å². The van der Waals surface area contributed by atoms with Crippen molar-refractivity contribution in [2.24, 2.45) is 11.7 Å². The van der Waals surface area contributed by atoms with Crippen LogP contribution in [-0.4, -0.2) is 24.0 Å². The number of primary amides is 1. The number of rotatable bonds is 4. The molecule has 1 amide bonds. The number of anilines is 1. The summed E-state index contributed by atoms with van der Waals surface area (Å²) in [7, 11) is 0. The van der Waals surface area contributed by atoms with Crippen LogP contribution >= 0.6 is 0 Å². The fourth-order valence-electron chi connectivity index (χ4n) is 3.77. The maximum Gasteiger partial charge on any atom is 0.248 e. The van der Waals surface area contributed by atoms with Crippen molar-refractivity contribution >= 4 is 22.6 Å². The molecule has 4 nitrogen and oxygen atoms in total. The number of hydrogen-bond acceptors (Lipinski definition) is 2. The number of halogens is 1. The lowest BCUT2D eigenvalue weighted by Crippen LogP contribution is -2.34. The van der Waals surface area contributed by atoms with Crippen LogP contribution < -0.4 is 10.6 Å². The van der Waals surface area contributed by atoms with E-state index in [1.54, 1.807) is 6.07 Å². The van der Waals surface area contributed by atoms with Crippen molar-refractivity contribution in [3.8, 4) is 0 Å². The summed E-state index contributed by atoms with van der Waals surface area (Å²) in [6.45, 7) is 1.97. The van der Waals surface area contributed by atoms with Crippen LogP contribution in [0, 0.1) is 11.7 Å². The van der Waals surface area contributed by atoms with E-state index >= 15 is 0 Å². The first-order valence-corrected chi connectivity index (χ1v) is 9.00. The molecule has 26 heavy (non-hydrogen) atoms.